The molecule has 6 heteroatoms. The van der Waals surface area contributed by atoms with Crippen LogP contribution in [0.15, 0.2) is 60.8 Å². The minimum absolute atomic E-state index is 0.0869. The molecule has 1 unspecified atom stereocenters. The molecule has 0 saturated carbocycles. The van der Waals surface area contributed by atoms with Crippen LogP contribution in [0.3, 0.4) is 0 Å². The third-order valence-corrected chi connectivity index (χ3v) is 12.0. The van der Waals surface area contributed by atoms with E-state index in [0.29, 0.717) is 19.3 Å². The lowest BCUT2D eigenvalue weighted by Crippen LogP contribution is -2.30. The minimum atomic E-state index is -0.791. The topological polar surface area (TPSA) is 78.9 Å². The minimum Gasteiger partial charge on any atom is -0.462 e. The molecule has 0 N–H and O–H groups in total. The summed E-state index contributed by atoms with van der Waals surface area (Å²) in [5.74, 6) is -0.917. The molecule has 0 heterocycles. The quantitative estimate of drug-likeness (QED) is 0.0199. The van der Waals surface area contributed by atoms with Gasteiger partial charge in [-0.3, -0.25) is 14.4 Å². The second kappa shape index (κ2) is 53.7. The molecule has 0 aromatic heterocycles. The van der Waals surface area contributed by atoms with E-state index < -0.39 is 6.10 Å². The number of esters is 3. The average Bonchev–Trinajstić information content (AvgIpc) is 3.30. The van der Waals surface area contributed by atoms with Crippen LogP contribution in [0.2, 0.25) is 0 Å². The third-order valence-electron chi connectivity index (χ3n) is 12.0. The SMILES string of the molecule is CC/C=C\C/C=C\C/C=C\CCCCCCCCC(=O)OCC(COC(=O)CCCCCCCCCCCCCCCCC)OC(=O)CCCCC/C=C\C=C/CCCCCCCCC. The van der Waals surface area contributed by atoms with Crippen molar-refractivity contribution < 1.29 is 28.6 Å². The van der Waals surface area contributed by atoms with Crippen LogP contribution in [0.4, 0.5) is 0 Å². The van der Waals surface area contributed by atoms with E-state index in [2.05, 4.69) is 81.5 Å². The molecule has 0 rings (SSSR count). The van der Waals surface area contributed by atoms with Gasteiger partial charge in [-0.15, -0.1) is 0 Å². The Kier molecular flexibility index (Phi) is 51.3. The summed E-state index contributed by atoms with van der Waals surface area (Å²) in [6.07, 6.45) is 66.3. The van der Waals surface area contributed by atoms with E-state index in [1.807, 2.05) is 0 Å². The fraction of sp³-hybridized carbons (Fsp3) is 0.780. The summed E-state index contributed by atoms with van der Waals surface area (Å²) < 4.78 is 16.8. The van der Waals surface area contributed by atoms with Gasteiger partial charge in [0.2, 0.25) is 0 Å². The molecule has 1 atom stereocenters. The van der Waals surface area contributed by atoms with Gasteiger partial charge < -0.3 is 14.2 Å². The molecular weight excluding hydrogens is 805 g/mol. The number of rotatable bonds is 50. The molecule has 0 fully saturated rings. The maximum atomic E-state index is 12.8. The third kappa shape index (κ3) is 51.9. The fourth-order valence-electron chi connectivity index (χ4n) is 7.86. The molecule has 0 aliphatic rings. The number of hydrogen-bond acceptors (Lipinski definition) is 6. The van der Waals surface area contributed by atoms with E-state index in [9.17, 15) is 14.4 Å². The molecule has 0 bridgehead atoms. The predicted molar refractivity (Wildman–Crippen MR) is 279 cm³/mol. The zero-order valence-corrected chi connectivity index (χ0v) is 43.0. The number of carbonyl (C=O) groups is 3. The highest BCUT2D eigenvalue weighted by Crippen LogP contribution is 2.15. The van der Waals surface area contributed by atoms with Crippen LogP contribution < -0.4 is 0 Å². The molecule has 0 aliphatic heterocycles. The van der Waals surface area contributed by atoms with Gasteiger partial charge in [-0.1, -0.05) is 242 Å². The Labute approximate surface area is 402 Å². The van der Waals surface area contributed by atoms with Gasteiger partial charge in [0.05, 0.1) is 0 Å². The summed E-state index contributed by atoms with van der Waals surface area (Å²) in [4.78, 5) is 38.1. The van der Waals surface area contributed by atoms with Crippen LogP contribution in [0, 0.1) is 0 Å². The Morgan fingerprint density at radius 2 is 0.646 bits per heavy atom. The summed E-state index contributed by atoms with van der Waals surface area (Å²) in [5, 5.41) is 0. The Morgan fingerprint density at radius 3 is 1.05 bits per heavy atom. The maximum absolute atomic E-state index is 12.8. The Morgan fingerprint density at radius 1 is 0.338 bits per heavy atom. The van der Waals surface area contributed by atoms with Gasteiger partial charge in [0.15, 0.2) is 6.10 Å². The Bertz CT molecular complexity index is 1180. The van der Waals surface area contributed by atoms with Crippen molar-refractivity contribution in [3.63, 3.8) is 0 Å². The van der Waals surface area contributed by atoms with E-state index >= 15 is 0 Å². The van der Waals surface area contributed by atoms with Crippen LogP contribution in [-0.2, 0) is 28.6 Å². The van der Waals surface area contributed by atoms with Gasteiger partial charge in [-0.2, -0.15) is 0 Å². The van der Waals surface area contributed by atoms with Crippen LogP contribution in [0.5, 0.6) is 0 Å². The van der Waals surface area contributed by atoms with Crippen molar-refractivity contribution in [2.24, 2.45) is 0 Å². The summed E-state index contributed by atoms with van der Waals surface area (Å²) in [6.45, 7) is 6.51. The van der Waals surface area contributed by atoms with Crippen molar-refractivity contribution in [1.82, 2.24) is 0 Å². The maximum Gasteiger partial charge on any atom is 0.306 e. The molecule has 0 aromatic carbocycles. The normalized spacial score (nSPS) is 12.5. The summed E-state index contributed by atoms with van der Waals surface area (Å²) >= 11 is 0. The molecule has 376 valence electrons. The van der Waals surface area contributed by atoms with Crippen LogP contribution >= 0.6 is 0 Å². The molecule has 0 saturated heterocycles. The lowest BCUT2D eigenvalue weighted by molar-refractivity contribution is -0.167. The first-order valence-electron chi connectivity index (χ1n) is 27.8. The van der Waals surface area contributed by atoms with Crippen LogP contribution in [0.1, 0.15) is 278 Å². The second-order valence-electron chi connectivity index (χ2n) is 18.5. The second-order valence-corrected chi connectivity index (χ2v) is 18.5. The highest BCUT2D eigenvalue weighted by Gasteiger charge is 2.19. The van der Waals surface area contributed by atoms with E-state index in [1.165, 1.54) is 141 Å². The molecule has 65 heavy (non-hydrogen) atoms. The summed E-state index contributed by atoms with van der Waals surface area (Å²) in [7, 11) is 0. The van der Waals surface area contributed by atoms with E-state index in [-0.39, 0.29) is 31.1 Å². The average molecular weight is 909 g/mol. The first-order valence-corrected chi connectivity index (χ1v) is 27.8. The van der Waals surface area contributed by atoms with E-state index in [0.717, 1.165) is 96.3 Å². The van der Waals surface area contributed by atoms with Crippen LogP contribution in [-0.4, -0.2) is 37.2 Å². The standard InChI is InChI=1S/C59H104O6/c1-4-7-10-13-16-19-22-25-28-31-34-37-40-43-46-49-52-58(61)64-55-56(54-63-57(60)51-48-45-42-39-36-33-30-27-24-21-18-15-12-9-6-3)65-59(62)53-50-47-44-41-38-35-32-29-26-23-20-17-14-11-8-5-2/h7,10,16,19,25,28-29,32,35,38,56H,4-6,8-9,11-15,17-18,20-24,26-27,30-31,33-34,36-37,39-55H2,1-3H3/b10-7-,19-16-,28-25-,32-29-,38-35-. The highest BCUT2D eigenvalue weighted by atomic mass is 16.6. The number of allylic oxidation sites excluding steroid dienone is 10. The van der Waals surface area contributed by atoms with Gasteiger partial charge in [-0.05, 0) is 77.0 Å². The molecule has 0 aromatic rings. The van der Waals surface area contributed by atoms with Crippen molar-refractivity contribution in [3.05, 3.63) is 60.8 Å². The van der Waals surface area contributed by atoms with Crippen LogP contribution in [0.25, 0.3) is 0 Å². The number of ether oxygens (including phenoxy) is 3. The van der Waals surface area contributed by atoms with Gasteiger partial charge in [-0.25, -0.2) is 0 Å². The summed E-state index contributed by atoms with van der Waals surface area (Å²) in [6, 6.07) is 0. The van der Waals surface area contributed by atoms with E-state index in [4.69, 9.17) is 14.2 Å². The van der Waals surface area contributed by atoms with Gasteiger partial charge in [0, 0.05) is 19.3 Å². The number of unbranched alkanes of at least 4 members (excludes halogenated alkanes) is 30. The molecular formula is C59H104O6. The molecule has 0 amide bonds. The van der Waals surface area contributed by atoms with Crippen molar-refractivity contribution in [2.45, 2.75) is 284 Å². The van der Waals surface area contributed by atoms with Crippen molar-refractivity contribution in [2.75, 3.05) is 13.2 Å². The lowest BCUT2D eigenvalue weighted by Gasteiger charge is -2.18. The molecule has 6 nitrogen and oxygen atoms in total. The number of carbonyl (C=O) groups excluding carboxylic acids is 3. The highest BCUT2D eigenvalue weighted by molar-refractivity contribution is 5.71. The smallest absolute Gasteiger partial charge is 0.306 e. The fourth-order valence-corrected chi connectivity index (χ4v) is 7.86. The van der Waals surface area contributed by atoms with Crippen molar-refractivity contribution >= 4 is 17.9 Å². The zero-order valence-electron chi connectivity index (χ0n) is 43.0. The number of hydrogen-bond donors (Lipinski definition) is 0. The van der Waals surface area contributed by atoms with E-state index in [1.54, 1.807) is 0 Å². The first kappa shape index (κ1) is 62.1. The lowest BCUT2D eigenvalue weighted by atomic mass is 10.0. The first-order chi connectivity index (χ1) is 32.0. The zero-order chi connectivity index (χ0) is 47.2. The van der Waals surface area contributed by atoms with Crippen molar-refractivity contribution in [1.29, 1.82) is 0 Å². The van der Waals surface area contributed by atoms with Gasteiger partial charge >= 0.3 is 17.9 Å². The molecule has 0 spiro atoms. The Balaban J connectivity index is 4.43. The van der Waals surface area contributed by atoms with Gasteiger partial charge in [0.1, 0.15) is 13.2 Å². The largest absolute Gasteiger partial charge is 0.462 e. The monoisotopic (exact) mass is 909 g/mol. The van der Waals surface area contributed by atoms with Gasteiger partial charge in [0.25, 0.3) is 0 Å². The molecule has 0 radical (unpaired) electrons. The Hall–Kier alpha value is -2.89. The molecule has 0 aliphatic carbocycles. The van der Waals surface area contributed by atoms with Crippen molar-refractivity contribution in [3.8, 4) is 0 Å². The summed E-state index contributed by atoms with van der Waals surface area (Å²) in [5.41, 5.74) is 0. The predicted octanol–water partition coefficient (Wildman–Crippen LogP) is 18.4.